The zero-order valence-corrected chi connectivity index (χ0v) is 17.8. The SMILES string of the molecule is CNCCC1CCN(C(=O)CN2C(=O)NC3(CC(C)CC(C)(C)C3)C2=O)CC1. The van der Waals surface area contributed by atoms with Gasteiger partial charge in [0.1, 0.15) is 12.1 Å². The van der Waals surface area contributed by atoms with Crippen molar-refractivity contribution in [2.75, 3.05) is 33.2 Å². The molecule has 0 aromatic rings. The molecule has 3 fully saturated rings. The maximum atomic E-state index is 13.2. The lowest BCUT2D eigenvalue weighted by Crippen LogP contribution is -2.54. The van der Waals surface area contributed by atoms with Crippen LogP contribution in [-0.4, -0.2) is 66.4 Å². The van der Waals surface area contributed by atoms with E-state index >= 15 is 0 Å². The Morgan fingerprint density at radius 2 is 1.89 bits per heavy atom. The molecule has 7 heteroatoms. The molecule has 0 aromatic carbocycles. The summed E-state index contributed by atoms with van der Waals surface area (Å²) in [6.07, 6.45) is 5.44. The van der Waals surface area contributed by atoms with Crippen molar-refractivity contribution in [3.05, 3.63) is 0 Å². The molecule has 158 valence electrons. The second-order valence-electron chi connectivity index (χ2n) is 9.97. The minimum atomic E-state index is -0.835. The number of imide groups is 1. The summed E-state index contributed by atoms with van der Waals surface area (Å²) in [4.78, 5) is 41.5. The minimum Gasteiger partial charge on any atom is -0.341 e. The first-order valence-corrected chi connectivity index (χ1v) is 10.7. The molecule has 1 aliphatic carbocycles. The number of urea groups is 1. The Bertz CT molecular complexity index is 627. The van der Waals surface area contributed by atoms with E-state index in [-0.39, 0.29) is 23.8 Å². The molecule has 2 atom stereocenters. The maximum Gasteiger partial charge on any atom is 0.325 e. The van der Waals surface area contributed by atoms with Gasteiger partial charge in [0.2, 0.25) is 5.91 Å². The van der Waals surface area contributed by atoms with E-state index in [0.29, 0.717) is 37.8 Å². The van der Waals surface area contributed by atoms with Crippen LogP contribution in [0.4, 0.5) is 4.79 Å². The Hall–Kier alpha value is -1.63. The molecule has 2 N–H and O–H groups in total. The highest BCUT2D eigenvalue weighted by Crippen LogP contribution is 2.46. The number of piperidine rings is 1. The third-order valence-corrected chi connectivity index (χ3v) is 6.69. The second kappa shape index (κ2) is 8.01. The Morgan fingerprint density at radius 1 is 1.21 bits per heavy atom. The molecule has 1 saturated carbocycles. The van der Waals surface area contributed by atoms with Crippen LogP contribution in [0.25, 0.3) is 0 Å². The average molecular weight is 393 g/mol. The number of hydrogen-bond acceptors (Lipinski definition) is 4. The molecule has 7 nitrogen and oxygen atoms in total. The number of rotatable bonds is 5. The third-order valence-electron chi connectivity index (χ3n) is 6.69. The maximum absolute atomic E-state index is 13.2. The lowest BCUT2D eigenvalue weighted by Gasteiger charge is -2.43. The largest absolute Gasteiger partial charge is 0.341 e. The van der Waals surface area contributed by atoms with Crippen molar-refractivity contribution < 1.29 is 14.4 Å². The van der Waals surface area contributed by atoms with E-state index in [4.69, 9.17) is 0 Å². The average Bonchev–Trinajstić information content (AvgIpc) is 2.82. The number of carbonyl (C=O) groups is 3. The number of hydrogen-bond donors (Lipinski definition) is 2. The van der Waals surface area contributed by atoms with Gasteiger partial charge < -0.3 is 15.5 Å². The lowest BCUT2D eigenvalue weighted by molar-refractivity contribution is -0.141. The summed E-state index contributed by atoms with van der Waals surface area (Å²) in [7, 11) is 1.96. The van der Waals surface area contributed by atoms with Gasteiger partial charge in [0.25, 0.3) is 5.91 Å². The predicted octanol–water partition coefficient (Wildman–Crippen LogP) is 1.97. The van der Waals surface area contributed by atoms with Crippen molar-refractivity contribution in [2.45, 2.75) is 64.8 Å². The smallest absolute Gasteiger partial charge is 0.325 e. The normalized spacial score (nSPS) is 30.8. The molecule has 2 saturated heterocycles. The van der Waals surface area contributed by atoms with Gasteiger partial charge in [-0.1, -0.05) is 20.8 Å². The zero-order chi connectivity index (χ0) is 20.5. The van der Waals surface area contributed by atoms with Gasteiger partial charge >= 0.3 is 6.03 Å². The van der Waals surface area contributed by atoms with Gasteiger partial charge in [-0.2, -0.15) is 0 Å². The van der Waals surface area contributed by atoms with Gasteiger partial charge in [0.15, 0.2) is 0 Å². The summed E-state index contributed by atoms with van der Waals surface area (Å²) in [6, 6.07) is -0.410. The Morgan fingerprint density at radius 3 is 2.50 bits per heavy atom. The standard InChI is InChI=1S/C21H36N4O3/c1-15-11-20(2,3)14-21(12-15)18(27)25(19(28)23-21)13-17(26)24-9-6-16(7-10-24)5-8-22-4/h15-16,22H,5-14H2,1-4H3,(H,23,28). The molecule has 0 aromatic heterocycles. The summed E-state index contributed by atoms with van der Waals surface area (Å²) in [5, 5.41) is 6.13. The van der Waals surface area contributed by atoms with E-state index in [1.165, 1.54) is 0 Å². The van der Waals surface area contributed by atoms with Crippen LogP contribution in [0, 0.1) is 17.3 Å². The van der Waals surface area contributed by atoms with Crippen LogP contribution in [0.5, 0.6) is 0 Å². The molecule has 28 heavy (non-hydrogen) atoms. The molecular formula is C21H36N4O3. The Kier molecular flexibility index (Phi) is 6.03. The van der Waals surface area contributed by atoms with Crippen molar-refractivity contribution in [2.24, 2.45) is 17.3 Å². The van der Waals surface area contributed by atoms with Crippen LogP contribution >= 0.6 is 0 Å². The molecular weight excluding hydrogens is 356 g/mol. The van der Waals surface area contributed by atoms with Gasteiger partial charge in [0, 0.05) is 13.1 Å². The zero-order valence-electron chi connectivity index (χ0n) is 17.8. The first-order chi connectivity index (χ1) is 13.2. The van der Waals surface area contributed by atoms with E-state index in [2.05, 4.69) is 31.4 Å². The minimum absolute atomic E-state index is 0.00411. The molecule has 2 unspecified atom stereocenters. The van der Waals surface area contributed by atoms with E-state index in [0.717, 1.165) is 37.1 Å². The van der Waals surface area contributed by atoms with Crippen molar-refractivity contribution >= 4 is 17.8 Å². The number of nitrogens with zero attached hydrogens (tertiary/aromatic N) is 2. The highest BCUT2D eigenvalue weighted by molar-refractivity contribution is 6.09. The van der Waals surface area contributed by atoms with E-state index in [1.54, 1.807) is 0 Å². The fourth-order valence-electron chi connectivity index (χ4n) is 5.70. The molecule has 3 rings (SSSR count). The van der Waals surface area contributed by atoms with Gasteiger partial charge in [-0.05, 0) is 69.4 Å². The number of nitrogens with one attached hydrogen (secondary N) is 2. The predicted molar refractivity (Wildman–Crippen MR) is 108 cm³/mol. The van der Waals surface area contributed by atoms with Crippen LogP contribution in [-0.2, 0) is 9.59 Å². The van der Waals surface area contributed by atoms with Crippen LogP contribution in [0.3, 0.4) is 0 Å². The van der Waals surface area contributed by atoms with Gasteiger partial charge in [-0.25, -0.2) is 4.79 Å². The fraction of sp³-hybridized carbons (Fsp3) is 0.857. The summed E-state index contributed by atoms with van der Waals surface area (Å²) in [5.41, 5.74) is -0.839. The highest BCUT2D eigenvalue weighted by atomic mass is 16.2. The summed E-state index contributed by atoms with van der Waals surface area (Å²) in [5.74, 6) is 0.674. The van der Waals surface area contributed by atoms with Crippen molar-refractivity contribution in [3.63, 3.8) is 0 Å². The molecule has 4 amide bonds. The molecule has 2 heterocycles. The van der Waals surface area contributed by atoms with Crippen molar-refractivity contribution in [3.8, 4) is 0 Å². The second-order valence-corrected chi connectivity index (χ2v) is 9.97. The van der Waals surface area contributed by atoms with Crippen LogP contribution in [0.1, 0.15) is 59.3 Å². The van der Waals surface area contributed by atoms with Crippen molar-refractivity contribution in [1.29, 1.82) is 0 Å². The number of likely N-dealkylation sites (tertiary alicyclic amines) is 1. The summed E-state index contributed by atoms with van der Waals surface area (Å²) < 4.78 is 0. The van der Waals surface area contributed by atoms with E-state index < -0.39 is 11.6 Å². The first kappa shape index (κ1) is 21.1. The number of amides is 4. The van der Waals surface area contributed by atoms with Gasteiger partial charge in [0.05, 0.1) is 0 Å². The molecule has 0 bridgehead atoms. The van der Waals surface area contributed by atoms with Crippen molar-refractivity contribution in [1.82, 2.24) is 20.4 Å². The first-order valence-electron chi connectivity index (χ1n) is 10.7. The van der Waals surface area contributed by atoms with Gasteiger partial charge in [-0.3, -0.25) is 14.5 Å². The lowest BCUT2D eigenvalue weighted by atomic mass is 9.64. The Labute approximate surface area is 168 Å². The van der Waals surface area contributed by atoms with E-state index in [9.17, 15) is 14.4 Å². The summed E-state index contributed by atoms with van der Waals surface area (Å²) in [6.45, 7) is 8.72. The quantitative estimate of drug-likeness (QED) is 0.701. The molecule has 3 aliphatic rings. The monoisotopic (exact) mass is 392 g/mol. The molecule has 0 radical (unpaired) electrons. The van der Waals surface area contributed by atoms with E-state index in [1.807, 2.05) is 11.9 Å². The van der Waals surface area contributed by atoms with Gasteiger partial charge in [-0.15, -0.1) is 0 Å². The Balaban J connectivity index is 1.60. The number of carbonyl (C=O) groups excluding carboxylic acids is 3. The molecule has 2 aliphatic heterocycles. The topological polar surface area (TPSA) is 81.8 Å². The highest BCUT2D eigenvalue weighted by Gasteiger charge is 2.56. The molecule has 1 spiro atoms. The fourth-order valence-corrected chi connectivity index (χ4v) is 5.70. The van der Waals surface area contributed by atoms with Crippen LogP contribution < -0.4 is 10.6 Å². The third kappa shape index (κ3) is 4.34. The van der Waals surface area contributed by atoms with Crippen LogP contribution in [0.2, 0.25) is 0 Å². The summed E-state index contributed by atoms with van der Waals surface area (Å²) >= 11 is 0. The van der Waals surface area contributed by atoms with Crippen LogP contribution in [0.15, 0.2) is 0 Å².